The first kappa shape index (κ1) is 11.1. The summed E-state index contributed by atoms with van der Waals surface area (Å²) < 4.78 is 0. The first-order chi connectivity index (χ1) is 8.18. The summed E-state index contributed by atoms with van der Waals surface area (Å²) in [4.78, 5) is 25.8. The number of aromatic nitrogens is 3. The molecule has 0 saturated heterocycles. The Morgan fingerprint density at radius 1 is 1.53 bits per heavy atom. The number of amides is 1. The molecule has 2 heterocycles. The molecule has 17 heavy (non-hydrogen) atoms. The predicted octanol–water partition coefficient (Wildman–Crippen LogP) is 0.336. The lowest BCUT2D eigenvalue weighted by Gasteiger charge is -2.03. The van der Waals surface area contributed by atoms with Crippen LogP contribution in [-0.2, 0) is 6.54 Å². The number of aryl methyl sites for hydroxylation is 1. The molecule has 0 unspecified atom stereocenters. The fraction of sp³-hybridized carbons (Fsp3) is 0.182. The zero-order valence-electron chi connectivity index (χ0n) is 9.28. The quantitative estimate of drug-likeness (QED) is 0.712. The van der Waals surface area contributed by atoms with Crippen molar-refractivity contribution >= 4 is 5.91 Å². The van der Waals surface area contributed by atoms with Crippen molar-refractivity contribution in [1.82, 2.24) is 20.5 Å². The lowest BCUT2D eigenvalue weighted by Crippen LogP contribution is -2.28. The van der Waals surface area contributed by atoms with Crippen LogP contribution in [0.5, 0.6) is 0 Å². The summed E-state index contributed by atoms with van der Waals surface area (Å²) >= 11 is 0. The smallest absolute Gasteiger partial charge is 0.257 e. The number of H-pyrrole nitrogens is 2. The molecule has 0 spiro atoms. The molecule has 0 aliphatic carbocycles. The number of hydrogen-bond acceptors (Lipinski definition) is 3. The van der Waals surface area contributed by atoms with Gasteiger partial charge in [-0.15, -0.1) is 0 Å². The van der Waals surface area contributed by atoms with Gasteiger partial charge in [0.05, 0.1) is 6.20 Å². The normalized spacial score (nSPS) is 10.2. The minimum absolute atomic E-state index is 0.105. The lowest BCUT2D eigenvalue weighted by molar-refractivity contribution is 0.0949. The van der Waals surface area contributed by atoms with E-state index in [0.717, 1.165) is 11.3 Å². The standard InChI is InChI=1S/C11H12N4O2/c1-7-8(5-14-15-7)4-13-11(17)9-6-12-3-2-10(9)16/h2-3,5-6H,4H2,1H3,(H,12,16)(H,13,17)(H,14,15). The molecule has 2 rings (SSSR count). The van der Waals surface area contributed by atoms with Crippen molar-refractivity contribution in [3.05, 3.63) is 51.7 Å². The number of rotatable bonds is 3. The van der Waals surface area contributed by atoms with Gasteiger partial charge in [0.25, 0.3) is 5.91 Å². The van der Waals surface area contributed by atoms with Crippen LogP contribution in [0, 0.1) is 6.92 Å². The number of nitrogens with one attached hydrogen (secondary N) is 3. The summed E-state index contributed by atoms with van der Waals surface area (Å²) in [6.07, 6.45) is 4.52. The molecule has 6 heteroatoms. The van der Waals surface area contributed by atoms with Gasteiger partial charge in [-0.05, 0) is 6.92 Å². The average Bonchev–Trinajstić information content (AvgIpc) is 2.72. The SMILES string of the molecule is Cc1[nH]ncc1CNC(=O)c1c[nH]ccc1=O. The number of hydrogen-bond donors (Lipinski definition) is 3. The van der Waals surface area contributed by atoms with E-state index in [1.54, 1.807) is 6.20 Å². The van der Waals surface area contributed by atoms with Crippen LogP contribution in [0.15, 0.2) is 29.5 Å². The maximum absolute atomic E-state index is 11.7. The molecule has 0 saturated carbocycles. The highest BCUT2D eigenvalue weighted by molar-refractivity contribution is 5.93. The van der Waals surface area contributed by atoms with Crippen molar-refractivity contribution in [2.75, 3.05) is 0 Å². The summed E-state index contributed by atoms with van der Waals surface area (Å²) in [5, 5.41) is 9.28. The van der Waals surface area contributed by atoms with E-state index in [9.17, 15) is 9.59 Å². The topological polar surface area (TPSA) is 90.6 Å². The van der Waals surface area contributed by atoms with Gasteiger partial charge in [0.2, 0.25) is 0 Å². The van der Waals surface area contributed by atoms with E-state index >= 15 is 0 Å². The third-order valence-corrected chi connectivity index (χ3v) is 2.44. The second-order valence-electron chi connectivity index (χ2n) is 3.63. The Bertz CT molecular complexity index is 585. The number of pyridine rings is 1. The molecule has 1 amide bonds. The molecule has 0 aromatic carbocycles. The number of carbonyl (C=O) groups is 1. The largest absolute Gasteiger partial charge is 0.367 e. The van der Waals surface area contributed by atoms with Gasteiger partial charge in [-0.1, -0.05) is 0 Å². The molecule has 3 N–H and O–H groups in total. The molecular weight excluding hydrogens is 220 g/mol. The third-order valence-electron chi connectivity index (χ3n) is 2.44. The van der Waals surface area contributed by atoms with Gasteiger partial charge in [-0.25, -0.2) is 0 Å². The van der Waals surface area contributed by atoms with Crippen molar-refractivity contribution in [2.45, 2.75) is 13.5 Å². The van der Waals surface area contributed by atoms with Crippen LogP contribution in [0.3, 0.4) is 0 Å². The first-order valence-corrected chi connectivity index (χ1v) is 5.12. The monoisotopic (exact) mass is 232 g/mol. The Morgan fingerprint density at radius 3 is 3.00 bits per heavy atom. The summed E-state index contributed by atoms with van der Waals surface area (Å²) in [5.74, 6) is -0.396. The summed E-state index contributed by atoms with van der Waals surface area (Å²) in [7, 11) is 0. The Morgan fingerprint density at radius 2 is 2.35 bits per heavy atom. The molecule has 0 atom stereocenters. The van der Waals surface area contributed by atoms with Gasteiger partial charge in [-0.3, -0.25) is 14.7 Å². The minimum Gasteiger partial charge on any atom is -0.367 e. The molecule has 2 aromatic heterocycles. The van der Waals surface area contributed by atoms with Crippen molar-refractivity contribution < 1.29 is 4.79 Å². The Kier molecular flexibility index (Phi) is 3.04. The Labute approximate surface area is 97.1 Å². The minimum atomic E-state index is -0.396. The highest BCUT2D eigenvalue weighted by Crippen LogP contribution is 2.01. The maximum atomic E-state index is 11.7. The molecule has 88 valence electrons. The van der Waals surface area contributed by atoms with E-state index in [4.69, 9.17) is 0 Å². The highest BCUT2D eigenvalue weighted by atomic mass is 16.2. The molecule has 0 aliphatic rings. The molecule has 2 aromatic rings. The summed E-state index contributed by atoms with van der Waals surface area (Å²) in [6.45, 7) is 2.21. The van der Waals surface area contributed by atoms with E-state index in [1.165, 1.54) is 18.5 Å². The van der Waals surface area contributed by atoms with E-state index in [1.807, 2.05) is 6.92 Å². The van der Waals surface area contributed by atoms with Crippen LogP contribution in [0.25, 0.3) is 0 Å². The van der Waals surface area contributed by atoms with Crippen molar-refractivity contribution in [3.63, 3.8) is 0 Å². The van der Waals surface area contributed by atoms with E-state index in [-0.39, 0.29) is 11.0 Å². The van der Waals surface area contributed by atoms with E-state index < -0.39 is 5.91 Å². The van der Waals surface area contributed by atoms with Gasteiger partial charge in [0.15, 0.2) is 5.43 Å². The molecule has 0 bridgehead atoms. The molecule has 6 nitrogen and oxygen atoms in total. The van der Waals surface area contributed by atoms with Crippen molar-refractivity contribution in [2.24, 2.45) is 0 Å². The van der Waals surface area contributed by atoms with Crippen molar-refractivity contribution in [1.29, 1.82) is 0 Å². The van der Waals surface area contributed by atoms with Gasteiger partial charge < -0.3 is 10.3 Å². The zero-order valence-corrected chi connectivity index (χ0v) is 9.28. The fourth-order valence-corrected chi connectivity index (χ4v) is 1.42. The Hall–Kier alpha value is -2.37. The van der Waals surface area contributed by atoms with Gasteiger partial charge >= 0.3 is 0 Å². The first-order valence-electron chi connectivity index (χ1n) is 5.12. The number of aromatic amines is 2. The van der Waals surface area contributed by atoms with E-state index in [0.29, 0.717) is 6.54 Å². The van der Waals surface area contributed by atoms with Crippen LogP contribution in [-0.4, -0.2) is 21.1 Å². The average molecular weight is 232 g/mol. The van der Waals surface area contributed by atoms with Gasteiger partial charge in [0.1, 0.15) is 5.56 Å². The zero-order chi connectivity index (χ0) is 12.3. The molecule has 0 aliphatic heterocycles. The van der Waals surface area contributed by atoms with Crippen LogP contribution in [0.4, 0.5) is 0 Å². The second kappa shape index (κ2) is 4.65. The highest BCUT2D eigenvalue weighted by Gasteiger charge is 2.09. The molecular formula is C11H12N4O2. The van der Waals surface area contributed by atoms with Crippen LogP contribution in [0.2, 0.25) is 0 Å². The van der Waals surface area contributed by atoms with Crippen LogP contribution >= 0.6 is 0 Å². The van der Waals surface area contributed by atoms with Gasteiger partial charge in [0, 0.05) is 36.3 Å². The fourth-order valence-electron chi connectivity index (χ4n) is 1.42. The van der Waals surface area contributed by atoms with Crippen LogP contribution < -0.4 is 10.7 Å². The Balaban J connectivity index is 2.06. The van der Waals surface area contributed by atoms with Crippen LogP contribution in [0.1, 0.15) is 21.6 Å². The number of nitrogens with zero attached hydrogens (tertiary/aromatic N) is 1. The molecule has 0 fully saturated rings. The second-order valence-corrected chi connectivity index (χ2v) is 3.63. The molecule has 0 radical (unpaired) electrons. The van der Waals surface area contributed by atoms with E-state index in [2.05, 4.69) is 20.5 Å². The number of carbonyl (C=O) groups excluding carboxylic acids is 1. The van der Waals surface area contributed by atoms with Crippen molar-refractivity contribution in [3.8, 4) is 0 Å². The van der Waals surface area contributed by atoms with Gasteiger partial charge in [-0.2, -0.15) is 5.10 Å². The summed E-state index contributed by atoms with van der Waals surface area (Å²) in [5.41, 5.74) is 1.59. The predicted molar refractivity (Wildman–Crippen MR) is 61.6 cm³/mol. The lowest BCUT2D eigenvalue weighted by atomic mass is 10.2. The maximum Gasteiger partial charge on any atom is 0.257 e. The third kappa shape index (κ3) is 2.41. The summed E-state index contributed by atoms with van der Waals surface area (Å²) in [6, 6.07) is 1.32.